The van der Waals surface area contributed by atoms with E-state index in [1.807, 2.05) is 0 Å². The Morgan fingerprint density at radius 3 is 1.52 bits per heavy atom. The Labute approximate surface area is 141 Å². The van der Waals surface area contributed by atoms with Crippen LogP contribution in [0.15, 0.2) is 0 Å². The quantitative estimate of drug-likeness (QED) is 0.362. The Kier molecular flexibility index (Phi) is 3.24. The number of rotatable bonds is 2. The lowest BCUT2D eigenvalue weighted by atomic mass is 9.42. The molecule has 0 aromatic rings. The van der Waals surface area contributed by atoms with Gasteiger partial charge in [-0.15, -0.1) is 0 Å². The second-order valence-electron chi connectivity index (χ2n) is 8.49. The van der Waals surface area contributed by atoms with Crippen molar-refractivity contribution in [3.05, 3.63) is 0 Å². The third-order valence-electron chi connectivity index (χ3n) is 7.82. The molecule has 0 saturated heterocycles. The number of hydrogen-bond acceptors (Lipinski definition) is 2. The second kappa shape index (κ2) is 4.61. The average molecular weight is 402 g/mol. The van der Waals surface area contributed by atoms with Crippen molar-refractivity contribution in [3.63, 3.8) is 0 Å². The summed E-state index contributed by atoms with van der Waals surface area (Å²) in [5.74, 6) is -0.0763. The summed E-state index contributed by atoms with van der Waals surface area (Å²) >= 11 is 2.75. The Morgan fingerprint density at radius 2 is 1.14 bits per heavy atom. The van der Waals surface area contributed by atoms with Crippen LogP contribution < -0.4 is 0 Å². The predicted molar refractivity (Wildman–Crippen MR) is 91.5 cm³/mol. The fraction of sp³-hybridized carbons (Fsp3) is 0.944. The number of carbonyl (C=O) groups excluding carboxylic acids is 1. The number of hydrogen-bond donors (Lipinski definition) is 0. The molecule has 0 amide bonds. The van der Waals surface area contributed by atoms with E-state index in [9.17, 15) is 4.79 Å². The number of esters is 1. The van der Waals surface area contributed by atoms with Crippen molar-refractivity contribution < 1.29 is 9.53 Å². The molecule has 118 valence electrons. The maximum absolute atomic E-state index is 11.4. The van der Waals surface area contributed by atoms with Crippen LogP contribution in [-0.4, -0.2) is 15.0 Å². The maximum Gasteiger partial charge on any atom is 0.303 e. The third kappa shape index (κ3) is 2.12. The van der Waals surface area contributed by atoms with Gasteiger partial charge in [0.2, 0.25) is 0 Å². The van der Waals surface area contributed by atoms with Gasteiger partial charge in [0, 0.05) is 10.3 Å². The maximum atomic E-state index is 11.4. The smallest absolute Gasteiger partial charge is 0.303 e. The molecule has 6 saturated carbocycles. The van der Waals surface area contributed by atoms with E-state index in [1.54, 1.807) is 6.92 Å². The van der Waals surface area contributed by atoms with E-state index in [2.05, 4.69) is 22.6 Å². The Morgan fingerprint density at radius 1 is 0.762 bits per heavy atom. The zero-order chi connectivity index (χ0) is 14.8. The van der Waals surface area contributed by atoms with Gasteiger partial charge in [0.05, 0.1) is 0 Å². The summed E-state index contributed by atoms with van der Waals surface area (Å²) in [4.78, 5) is 11.4. The summed E-state index contributed by atoms with van der Waals surface area (Å²) in [5.41, 5.74) is 1.15. The lowest BCUT2D eigenvalue weighted by molar-refractivity contribution is -0.195. The summed E-state index contributed by atoms with van der Waals surface area (Å²) < 4.78 is 6.39. The largest absolute Gasteiger partial charge is 0.459 e. The summed E-state index contributed by atoms with van der Waals surface area (Å²) in [7, 11) is 0. The highest BCUT2D eigenvalue weighted by Crippen LogP contribution is 2.70. The molecule has 6 aliphatic rings. The number of alkyl halides is 1. The minimum Gasteiger partial charge on any atom is -0.459 e. The van der Waals surface area contributed by atoms with Gasteiger partial charge in [-0.3, -0.25) is 4.79 Å². The molecule has 0 aliphatic heterocycles. The molecule has 0 spiro atoms. The van der Waals surface area contributed by atoms with Crippen molar-refractivity contribution in [2.75, 3.05) is 0 Å². The van der Waals surface area contributed by atoms with Crippen molar-refractivity contribution in [2.24, 2.45) is 10.8 Å². The van der Waals surface area contributed by atoms with E-state index in [0.717, 1.165) is 19.3 Å². The monoisotopic (exact) mass is 402 g/mol. The van der Waals surface area contributed by atoms with Gasteiger partial charge in [0.25, 0.3) is 0 Å². The zero-order valence-electron chi connectivity index (χ0n) is 13.2. The average Bonchev–Trinajstić information content (AvgIpc) is 2.49. The number of halogens is 1. The molecule has 6 rings (SSSR count). The normalized spacial score (nSPS) is 51.9. The van der Waals surface area contributed by atoms with Crippen LogP contribution in [0, 0.1) is 10.8 Å². The molecule has 0 N–H and O–H groups in total. The van der Waals surface area contributed by atoms with Crippen LogP contribution in [0.2, 0.25) is 0 Å². The molecule has 0 aromatic heterocycles. The molecule has 3 heteroatoms. The first kappa shape index (κ1) is 14.8. The zero-order valence-corrected chi connectivity index (χ0v) is 15.3. The van der Waals surface area contributed by atoms with E-state index >= 15 is 0 Å². The van der Waals surface area contributed by atoms with Crippen molar-refractivity contribution in [3.8, 4) is 0 Å². The van der Waals surface area contributed by atoms with Crippen molar-refractivity contribution in [1.82, 2.24) is 0 Å². The highest BCUT2D eigenvalue weighted by atomic mass is 127. The molecule has 21 heavy (non-hydrogen) atoms. The SMILES string of the molecule is CC(=O)OC12CCC(C34CCC(I)(CC3)CC4)(CC1)CC2. The van der Waals surface area contributed by atoms with Crippen LogP contribution in [0.5, 0.6) is 0 Å². The number of carbonyl (C=O) groups is 1. The Bertz CT molecular complexity index is 421. The Hall–Kier alpha value is 0.200. The highest BCUT2D eigenvalue weighted by Gasteiger charge is 2.62. The van der Waals surface area contributed by atoms with E-state index in [0.29, 0.717) is 14.3 Å². The van der Waals surface area contributed by atoms with Crippen molar-refractivity contribution >= 4 is 28.6 Å². The van der Waals surface area contributed by atoms with Crippen molar-refractivity contribution in [1.29, 1.82) is 0 Å². The van der Waals surface area contributed by atoms with Crippen LogP contribution in [0.3, 0.4) is 0 Å². The van der Waals surface area contributed by atoms with Gasteiger partial charge < -0.3 is 4.74 Å². The molecule has 0 unspecified atom stereocenters. The van der Waals surface area contributed by atoms with E-state index < -0.39 is 0 Å². The fourth-order valence-corrected chi connectivity index (χ4v) is 7.15. The lowest BCUT2D eigenvalue weighted by Crippen LogP contribution is -2.58. The molecule has 0 heterocycles. The van der Waals surface area contributed by atoms with Gasteiger partial charge in [-0.05, 0) is 87.9 Å². The molecule has 0 atom stereocenters. The first-order chi connectivity index (χ1) is 9.91. The first-order valence-electron chi connectivity index (χ1n) is 8.79. The summed E-state index contributed by atoms with van der Waals surface area (Å²) in [6.45, 7) is 1.58. The van der Waals surface area contributed by atoms with E-state index in [-0.39, 0.29) is 11.6 Å². The molecule has 0 radical (unpaired) electrons. The topological polar surface area (TPSA) is 26.3 Å². The molecule has 6 fully saturated rings. The van der Waals surface area contributed by atoms with E-state index in [1.165, 1.54) is 57.8 Å². The van der Waals surface area contributed by atoms with Crippen LogP contribution in [0.1, 0.15) is 84.0 Å². The van der Waals surface area contributed by atoms with Gasteiger partial charge in [-0.25, -0.2) is 0 Å². The standard InChI is InChI=1S/C18H27IO2/c1-14(20)21-18-11-5-16(6-12-18,7-13-18)15-2-8-17(19,9-3-15)10-4-15/h2-13H2,1H3. The molecule has 6 aliphatic carbocycles. The summed E-state index contributed by atoms with van der Waals surface area (Å²) in [6.07, 6.45) is 16.1. The predicted octanol–water partition coefficient (Wildman–Crippen LogP) is 5.17. The second-order valence-corrected chi connectivity index (χ2v) is 10.8. The first-order valence-corrected chi connectivity index (χ1v) is 9.87. The van der Waals surface area contributed by atoms with Crippen LogP contribution >= 0.6 is 22.6 Å². The van der Waals surface area contributed by atoms with Gasteiger partial charge >= 0.3 is 5.97 Å². The molecule has 0 aromatic carbocycles. The van der Waals surface area contributed by atoms with Gasteiger partial charge in [-0.2, -0.15) is 0 Å². The third-order valence-corrected chi connectivity index (χ3v) is 9.44. The summed E-state index contributed by atoms with van der Waals surface area (Å²) in [5, 5.41) is 0. The lowest BCUT2D eigenvalue weighted by Gasteiger charge is -2.65. The Balaban J connectivity index is 1.55. The van der Waals surface area contributed by atoms with Gasteiger partial charge in [0.15, 0.2) is 0 Å². The van der Waals surface area contributed by atoms with Crippen LogP contribution in [0.4, 0.5) is 0 Å². The highest BCUT2D eigenvalue weighted by molar-refractivity contribution is 14.1. The van der Waals surface area contributed by atoms with Gasteiger partial charge in [-0.1, -0.05) is 22.6 Å². The fourth-order valence-electron chi connectivity index (χ4n) is 6.34. The molecule has 4 bridgehead atoms. The minimum atomic E-state index is -0.0828. The van der Waals surface area contributed by atoms with Crippen LogP contribution in [0.25, 0.3) is 0 Å². The summed E-state index contributed by atoms with van der Waals surface area (Å²) in [6, 6.07) is 0. The molecular formula is C18H27IO2. The van der Waals surface area contributed by atoms with Crippen LogP contribution in [-0.2, 0) is 9.53 Å². The van der Waals surface area contributed by atoms with E-state index in [4.69, 9.17) is 4.74 Å². The number of ether oxygens (including phenoxy) is 1. The number of fused-ring (bicyclic) bond motifs is 6. The molecular weight excluding hydrogens is 375 g/mol. The molecule has 2 nitrogen and oxygen atoms in total. The van der Waals surface area contributed by atoms with Gasteiger partial charge in [0.1, 0.15) is 5.60 Å². The van der Waals surface area contributed by atoms with Crippen molar-refractivity contribution in [2.45, 2.75) is 93.0 Å². The minimum absolute atomic E-state index is 0.0763.